The Morgan fingerprint density at radius 1 is 1.06 bits per heavy atom. The fourth-order valence-electron chi connectivity index (χ4n) is 7.58. The molecule has 0 radical (unpaired) electrons. The van der Waals surface area contributed by atoms with Gasteiger partial charge in [-0.15, -0.1) is 0 Å². The standard InChI is InChI=1S/C27H43F2NO/c1-19(18-30-15-12-22(13-16-30)26(28)29)24-10-11-25-21(6-4-14-27(24,25)2)9-8-20-5-3-7-23(31)17-20/h8-9,19,22-26,31H,3-7,10-18H2,1-2H3/b20-8-,21-9+/t19-,23-,24?,25?,27+/m0/s1. The van der Waals surface area contributed by atoms with E-state index in [0.717, 1.165) is 51.2 Å². The van der Waals surface area contributed by atoms with Gasteiger partial charge in [0.05, 0.1) is 6.10 Å². The highest BCUT2D eigenvalue weighted by atomic mass is 19.3. The van der Waals surface area contributed by atoms with Gasteiger partial charge in [-0.1, -0.05) is 37.1 Å². The molecule has 0 amide bonds. The summed E-state index contributed by atoms with van der Waals surface area (Å²) in [6, 6.07) is 0. The van der Waals surface area contributed by atoms with Crippen LogP contribution in [0.2, 0.25) is 0 Å². The Morgan fingerprint density at radius 3 is 2.55 bits per heavy atom. The molecule has 4 heteroatoms. The Labute approximate surface area is 188 Å². The SMILES string of the molecule is C[C@@H](CN1CCC(C(F)F)CC1)C1CCC2/C(=C/C=C3/CCC[C@H](O)C3)CCC[C@@]21C. The summed E-state index contributed by atoms with van der Waals surface area (Å²) in [6.45, 7) is 7.72. The molecule has 0 aromatic rings. The zero-order valence-corrected chi connectivity index (χ0v) is 19.7. The van der Waals surface area contributed by atoms with Crippen LogP contribution < -0.4 is 0 Å². The molecule has 1 heterocycles. The van der Waals surface area contributed by atoms with E-state index in [1.807, 2.05) is 0 Å². The van der Waals surface area contributed by atoms with Gasteiger partial charge in [0, 0.05) is 12.5 Å². The topological polar surface area (TPSA) is 23.5 Å². The molecule has 0 aromatic carbocycles. The van der Waals surface area contributed by atoms with Crippen LogP contribution >= 0.6 is 0 Å². The van der Waals surface area contributed by atoms with E-state index in [0.29, 0.717) is 30.1 Å². The molecule has 0 spiro atoms. The molecule has 3 aliphatic carbocycles. The summed E-state index contributed by atoms with van der Waals surface area (Å²) in [5.41, 5.74) is 3.46. The Bertz CT molecular complexity index is 666. The molecule has 4 rings (SSSR count). The minimum Gasteiger partial charge on any atom is -0.393 e. The van der Waals surface area contributed by atoms with Crippen molar-refractivity contribution in [1.29, 1.82) is 0 Å². The quantitative estimate of drug-likeness (QED) is 0.526. The Morgan fingerprint density at radius 2 is 1.84 bits per heavy atom. The number of likely N-dealkylation sites (tertiary alicyclic amines) is 1. The first kappa shape index (κ1) is 23.4. The van der Waals surface area contributed by atoms with Crippen molar-refractivity contribution >= 4 is 0 Å². The molecule has 2 unspecified atom stereocenters. The predicted molar refractivity (Wildman–Crippen MR) is 123 cm³/mol. The highest BCUT2D eigenvalue weighted by molar-refractivity contribution is 5.25. The molecule has 31 heavy (non-hydrogen) atoms. The van der Waals surface area contributed by atoms with Gasteiger partial charge in [-0.3, -0.25) is 0 Å². The largest absolute Gasteiger partial charge is 0.393 e. The number of allylic oxidation sites excluding steroid dienone is 3. The normalized spacial score (nSPS) is 39.4. The average molecular weight is 436 g/mol. The van der Waals surface area contributed by atoms with Crippen molar-refractivity contribution in [2.45, 2.75) is 97.0 Å². The van der Waals surface area contributed by atoms with E-state index in [1.165, 1.54) is 37.7 Å². The number of fused-ring (bicyclic) bond motifs is 1. The molecule has 0 aromatic heterocycles. The summed E-state index contributed by atoms with van der Waals surface area (Å²) in [7, 11) is 0. The van der Waals surface area contributed by atoms with Crippen molar-refractivity contribution in [3.63, 3.8) is 0 Å². The number of alkyl halides is 2. The molecule has 3 saturated carbocycles. The van der Waals surface area contributed by atoms with Crippen LogP contribution in [-0.4, -0.2) is 42.2 Å². The third kappa shape index (κ3) is 5.27. The second-order valence-electron chi connectivity index (χ2n) is 11.4. The van der Waals surface area contributed by atoms with Gasteiger partial charge in [-0.25, -0.2) is 8.78 Å². The minimum atomic E-state index is -2.15. The van der Waals surface area contributed by atoms with E-state index >= 15 is 0 Å². The molecule has 1 saturated heterocycles. The first-order chi connectivity index (χ1) is 14.9. The van der Waals surface area contributed by atoms with Gasteiger partial charge in [0.15, 0.2) is 0 Å². The number of piperidine rings is 1. The van der Waals surface area contributed by atoms with Crippen LogP contribution in [0.15, 0.2) is 23.3 Å². The molecular formula is C27H43F2NO. The molecule has 0 bridgehead atoms. The van der Waals surface area contributed by atoms with Crippen molar-refractivity contribution in [3.8, 4) is 0 Å². The van der Waals surface area contributed by atoms with Gasteiger partial charge >= 0.3 is 0 Å². The highest BCUT2D eigenvalue weighted by Gasteiger charge is 2.50. The fourth-order valence-corrected chi connectivity index (χ4v) is 7.58. The van der Waals surface area contributed by atoms with Crippen LogP contribution in [0.3, 0.4) is 0 Å². The maximum atomic E-state index is 13.0. The smallest absolute Gasteiger partial charge is 0.241 e. The lowest BCUT2D eigenvalue weighted by Crippen LogP contribution is -2.42. The Balaban J connectivity index is 1.38. The van der Waals surface area contributed by atoms with E-state index in [-0.39, 0.29) is 12.0 Å². The van der Waals surface area contributed by atoms with Gasteiger partial charge in [-0.05, 0) is 107 Å². The molecule has 4 fully saturated rings. The van der Waals surface area contributed by atoms with Gasteiger partial charge < -0.3 is 10.0 Å². The molecule has 4 aliphatic rings. The summed E-state index contributed by atoms with van der Waals surface area (Å²) in [4.78, 5) is 2.46. The van der Waals surface area contributed by atoms with Crippen molar-refractivity contribution in [1.82, 2.24) is 4.90 Å². The van der Waals surface area contributed by atoms with Crippen LogP contribution in [-0.2, 0) is 0 Å². The minimum absolute atomic E-state index is 0.141. The molecular weight excluding hydrogens is 392 g/mol. The second-order valence-corrected chi connectivity index (χ2v) is 11.4. The number of halogens is 2. The molecule has 176 valence electrons. The zero-order valence-electron chi connectivity index (χ0n) is 19.7. The fraction of sp³-hybridized carbons (Fsp3) is 0.852. The average Bonchev–Trinajstić information content (AvgIpc) is 3.10. The van der Waals surface area contributed by atoms with E-state index in [4.69, 9.17) is 0 Å². The van der Waals surface area contributed by atoms with Crippen LogP contribution in [0.4, 0.5) is 8.78 Å². The van der Waals surface area contributed by atoms with Gasteiger partial charge in [-0.2, -0.15) is 0 Å². The van der Waals surface area contributed by atoms with Crippen LogP contribution in [0.5, 0.6) is 0 Å². The summed E-state index contributed by atoms with van der Waals surface area (Å²) in [5.74, 6) is 1.68. The maximum absolute atomic E-state index is 13.0. The predicted octanol–water partition coefficient (Wildman–Crippen LogP) is 6.60. The zero-order chi connectivity index (χ0) is 22.0. The van der Waals surface area contributed by atoms with E-state index in [2.05, 4.69) is 30.9 Å². The molecule has 1 aliphatic heterocycles. The third-order valence-corrected chi connectivity index (χ3v) is 9.33. The van der Waals surface area contributed by atoms with E-state index in [9.17, 15) is 13.9 Å². The van der Waals surface area contributed by atoms with Crippen LogP contribution in [0.25, 0.3) is 0 Å². The summed E-state index contributed by atoms with van der Waals surface area (Å²) >= 11 is 0. The highest BCUT2D eigenvalue weighted by Crippen LogP contribution is 2.59. The van der Waals surface area contributed by atoms with Crippen LogP contribution in [0.1, 0.15) is 84.5 Å². The van der Waals surface area contributed by atoms with Gasteiger partial charge in [0.25, 0.3) is 0 Å². The summed E-state index contributed by atoms with van der Waals surface area (Å²) < 4.78 is 26.0. The number of nitrogens with zero attached hydrogens (tertiary/aromatic N) is 1. The monoisotopic (exact) mass is 435 g/mol. The van der Waals surface area contributed by atoms with Crippen molar-refractivity contribution in [3.05, 3.63) is 23.3 Å². The van der Waals surface area contributed by atoms with Gasteiger partial charge in [0.1, 0.15) is 0 Å². The van der Waals surface area contributed by atoms with Gasteiger partial charge in [0.2, 0.25) is 6.43 Å². The third-order valence-electron chi connectivity index (χ3n) is 9.33. The molecule has 1 N–H and O–H groups in total. The van der Waals surface area contributed by atoms with Crippen LogP contribution in [0, 0.1) is 29.1 Å². The van der Waals surface area contributed by atoms with Crippen molar-refractivity contribution < 1.29 is 13.9 Å². The Hall–Kier alpha value is -0.740. The maximum Gasteiger partial charge on any atom is 0.241 e. The number of aliphatic hydroxyl groups is 1. The van der Waals surface area contributed by atoms with E-state index in [1.54, 1.807) is 5.57 Å². The number of aliphatic hydroxyl groups excluding tert-OH is 1. The number of hydrogen-bond acceptors (Lipinski definition) is 2. The van der Waals surface area contributed by atoms with E-state index < -0.39 is 6.43 Å². The number of hydrogen-bond donors (Lipinski definition) is 1. The lowest BCUT2D eigenvalue weighted by Gasteiger charge is -2.45. The summed E-state index contributed by atoms with van der Waals surface area (Å²) in [5, 5.41) is 9.98. The first-order valence-corrected chi connectivity index (χ1v) is 12.9. The molecule has 5 atom stereocenters. The van der Waals surface area contributed by atoms with Crippen molar-refractivity contribution in [2.75, 3.05) is 19.6 Å². The first-order valence-electron chi connectivity index (χ1n) is 12.9. The number of rotatable bonds is 5. The Kier molecular flexibility index (Phi) is 7.58. The molecule has 2 nitrogen and oxygen atoms in total. The lowest BCUT2D eigenvalue weighted by atomic mass is 9.61. The summed E-state index contributed by atoms with van der Waals surface area (Å²) in [6.07, 6.45) is 14.3. The van der Waals surface area contributed by atoms with Crippen molar-refractivity contribution in [2.24, 2.45) is 29.1 Å². The second kappa shape index (κ2) is 10.0. The lowest BCUT2D eigenvalue weighted by molar-refractivity contribution is 0.0227.